The van der Waals surface area contributed by atoms with E-state index in [-0.39, 0.29) is 12.5 Å². The van der Waals surface area contributed by atoms with E-state index >= 15 is 0 Å². The zero-order valence-corrected chi connectivity index (χ0v) is 14.7. The Morgan fingerprint density at radius 1 is 1.36 bits per heavy atom. The lowest BCUT2D eigenvalue weighted by atomic mass is 9.88. The lowest BCUT2D eigenvalue weighted by Gasteiger charge is -2.25. The minimum atomic E-state index is -0.723. The number of carbonyl (C=O) groups excluding carboxylic acids is 1. The van der Waals surface area contributed by atoms with Crippen molar-refractivity contribution in [3.8, 4) is 17.6 Å². The number of benzene rings is 1. The fraction of sp³-hybridized carbons (Fsp3) is 0.368. The van der Waals surface area contributed by atoms with Crippen molar-refractivity contribution in [2.24, 2.45) is 5.92 Å². The van der Waals surface area contributed by atoms with Gasteiger partial charge in [-0.15, -0.1) is 11.3 Å². The number of amides is 1. The molecule has 0 saturated carbocycles. The maximum absolute atomic E-state index is 12.6. The molecular formula is C19H18N2O3S. The number of nitrogens with one attached hydrogen (secondary N) is 1. The van der Waals surface area contributed by atoms with Gasteiger partial charge in [-0.25, -0.2) is 0 Å². The first-order valence-electron chi connectivity index (χ1n) is 8.39. The molecule has 0 fully saturated rings. The van der Waals surface area contributed by atoms with Crippen molar-refractivity contribution >= 4 is 22.2 Å². The molecule has 2 atom stereocenters. The maximum atomic E-state index is 12.6. The maximum Gasteiger partial charge on any atom is 0.269 e. The number of hydrogen-bond acceptors (Lipinski definition) is 5. The van der Waals surface area contributed by atoms with Crippen molar-refractivity contribution < 1.29 is 14.3 Å². The summed E-state index contributed by atoms with van der Waals surface area (Å²) in [6.45, 7) is 2.38. The molecule has 0 unspecified atom stereocenters. The first-order chi connectivity index (χ1) is 12.2. The summed E-state index contributed by atoms with van der Waals surface area (Å²) in [5.74, 6) is 1.55. The highest BCUT2D eigenvalue weighted by molar-refractivity contribution is 7.16. The van der Waals surface area contributed by atoms with Crippen LogP contribution in [0.2, 0.25) is 0 Å². The Balaban J connectivity index is 1.53. The van der Waals surface area contributed by atoms with Crippen LogP contribution >= 0.6 is 11.3 Å². The molecule has 6 heteroatoms. The van der Waals surface area contributed by atoms with Crippen LogP contribution in [0.4, 0.5) is 5.00 Å². The van der Waals surface area contributed by atoms with Crippen LogP contribution in [0.3, 0.4) is 0 Å². The fourth-order valence-electron chi connectivity index (χ4n) is 3.30. The number of nitriles is 1. The molecule has 0 saturated heterocycles. The van der Waals surface area contributed by atoms with E-state index in [1.165, 1.54) is 16.2 Å². The Hall–Kier alpha value is -2.52. The number of para-hydroxylation sites is 2. The van der Waals surface area contributed by atoms with Crippen LogP contribution < -0.4 is 14.8 Å². The predicted octanol–water partition coefficient (Wildman–Crippen LogP) is 3.52. The van der Waals surface area contributed by atoms with Crippen molar-refractivity contribution in [1.29, 1.82) is 5.26 Å². The molecule has 25 heavy (non-hydrogen) atoms. The molecule has 1 N–H and O–H groups in total. The third kappa shape index (κ3) is 2.96. The highest BCUT2D eigenvalue weighted by atomic mass is 32.1. The molecule has 0 radical (unpaired) electrons. The van der Waals surface area contributed by atoms with Crippen molar-refractivity contribution in [2.45, 2.75) is 32.3 Å². The van der Waals surface area contributed by atoms with Crippen LogP contribution in [0.1, 0.15) is 29.3 Å². The fourth-order valence-corrected chi connectivity index (χ4v) is 4.66. The number of hydrogen-bond donors (Lipinski definition) is 1. The van der Waals surface area contributed by atoms with E-state index in [0.29, 0.717) is 28.0 Å². The Morgan fingerprint density at radius 3 is 2.96 bits per heavy atom. The SMILES string of the molecule is C[C@@H]1CCc2c(sc(NC(=O)[C@H]3COc4ccccc4O3)c2C#N)C1. The Labute approximate surface area is 150 Å². The van der Waals surface area contributed by atoms with E-state index in [4.69, 9.17) is 9.47 Å². The van der Waals surface area contributed by atoms with Crippen molar-refractivity contribution in [1.82, 2.24) is 0 Å². The summed E-state index contributed by atoms with van der Waals surface area (Å²) >= 11 is 1.52. The van der Waals surface area contributed by atoms with Crippen LogP contribution in [0.15, 0.2) is 24.3 Å². The lowest BCUT2D eigenvalue weighted by molar-refractivity contribution is -0.125. The summed E-state index contributed by atoms with van der Waals surface area (Å²) in [5.41, 5.74) is 1.71. The number of carbonyl (C=O) groups is 1. The Morgan fingerprint density at radius 2 is 2.16 bits per heavy atom. The van der Waals surface area contributed by atoms with E-state index in [9.17, 15) is 10.1 Å². The molecule has 2 aromatic rings. The van der Waals surface area contributed by atoms with Gasteiger partial charge in [0.2, 0.25) is 6.10 Å². The molecule has 2 heterocycles. The predicted molar refractivity (Wildman–Crippen MR) is 95.2 cm³/mol. The second kappa shape index (κ2) is 6.41. The van der Waals surface area contributed by atoms with Gasteiger partial charge in [0.25, 0.3) is 5.91 Å². The van der Waals surface area contributed by atoms with Crippen molar-refractivity contribution in [3.05, 3.63) is 40.3 Å². The normalized spacial score (nSPS) is 21.1. The van der Waals surface area contributed by atoms with E-state index in [1.807, 2.05) is 18.2 Å². The largest absolute Gasteiger partial charge is 0.485 e. The first kappa shape index (κ1) is 16.0. The third-order valence-electron chi connectivity index (χ3n) is 4.66. The monoisotopic (exact) mass is 354 g/mol. The Bertz CT molecular complexity index is 868. The average Bonchev–Trinajstić information content (AvgIpc) is 2.97. The van der Waals surface area contributed by atoms with Gasteiger partial charge in [0.15, 0.2) is 11.5 Å². The quantitative estimate of drug-likeness (QED) is 0.896. The highest BCUT2D eigenvalue weighted by Gasteiger charge is 2.30. The first-order valence-corrected chi connectivity index (χ1v) is 9.21. The molecule has 1 aliphatic carbocycles. The molecule has 1 aliphatic heterocycles. The van der Waals surface area contributed by atoms with Crippen LogP contribution in [0.25, 0.3) is 0 Å². The van der Waals surface area contributed by atoms with Gasteiger partial charge in [-0.1, -0.05) is 19.1 Å². The van der Waals surface area contributed by atoms with Gasteiger partial charge in [0.1, 0.15) is 17.7 Å². The number of nitrogens with zero attached hydrogens (tertiary/aromatic N) is 1. The zero-order valence-electron chi connectivity index (χ0n) is 13.9. The number of thiophene rings is 1. The molecule has 1 aromatic heterocycles. The topological polar surface area (TPSA) is 71.3 Å². The van der Waals surface area contributed by atoms with Crippen LogP contribution in [0.5, 0.6) is 11.5 Å². The molecule has 5 nitrogen and oxygen atoms in total. The smallest absolute Gasteiger partial charge is 0.269 e. The number of ether oxygens (including phenoxy) is 2. The standard InChI is InChI=1S/C19H18N2O3S/c1-11-6-7-12-13(9-20)19(25-17(12)8-11)21-18(22)16-10-23-14-4-2-3-5-15(14)24-16/h2-5,11,16H,6-8,10H2,1H3,(H,21,22)/t11-,16-/m1/s1. The van der Waals surface area contributed by atoms with Gasteiger partial charge in [0.05, 0.1) is 5.56 Å². The Kier molecular flexibility index (Phi) is 4.10. The number of fused-ring (bicyclic) bond motifs is 2. The molecule has 0 bridgehead atoms. The molecule has 128 valence electrons. The van der Waals surface area contributed by atoms with Crippen molar-refractivity contribution in [2.75, 3.05) is 11.9 Å². The molecule has 1 amide bonds. The minimum absolute atomic E-state index is 0.160. The number of anilines is 1. The van der Waals surface area contributed by atoms with Crippen LogP contribution in [-0.4, -0.2) is 18.6 Å². The molecule has 0 spiro atoms. The van der Waals surface area contributed by atoms with E-state index < -0.39 is 6.10 Å². The van der Waals surface area contributed by atoms with Gasteiger partial charge in [-0.3, -0.25) is 4.79 Å². The van der Waals surface area contributed by atoms with E-state index in [0.717, 1.165) is 24.8 Å². The van der Waals surface area contributed by atoms with E-state index in [2.05, 4.69) is 18.3 Å². The lowest BCUT2D eigenvalue weighted by Crippen LogP contribution is -2.40. The second-order valence-corrected chi connectivity index (χ2v) is 7.63. The van der Waals surface area contributed by atoms with Gasteiger partial charge in [0, 0.05) is 4.88 Å². The van der Waals surface area contributed by atoms with Gasteiger partial charge >= 0.3 is 0 Å². The molecule has 2 aliphatic rings. The molecular weight excluding hydrogens is 336 g/mol. The van der Waals surface area contributed by atoms with E-state index in [1.54, 1.807) is 6.07 Å². The average molecular weight is 354 g/mol. The van der Waals surface area contributed by atoms with Crippen molar-refractivity contribution in [3.63, 3.8) is 0 Å². The van der Waals surface area contributed by atoms with Crippen LogP contribution in [0, 0.1) is 17.2 Å². The minimum Gasteiger partial charge on any atom is -0.485 e. The molecule has 4 rings (SSSR count). The van der Waals surface area contributed by atoms with Gasteiger partial charge in [-0.05, 0) is 42.9 Å². The zero-order chi connectivity index (χ0) is 17.4. The summed E-state index contributed by atoms with van der Waals surface area (Å²) in [6.07, 6.45) is 2.24. The summed E-state index contributed by atoms with van der Waals surface area (Å²) in [6, 6.07) is 9.55. The van der Waals surface area contributed by atoms with Gasteiger partial charge in [-0.2, -0.15) is 5.26 Å². The van der Waals surface area contributed by atoms with Crippen LogP contribution in [-0.2, 0) is 17.6 Å². The summed E-state index contributed by atoms with van der Waals surface area (Å²) < 4.78 is 11.3. The highest BCUT2D eigenvalue weighted by Crippen LogP contribution is 2.39. The number of rotatable bonds is 2. The molecule has 1 aromatic carbocycles. The third-order valence-corrected chi connectivity index (χ3v) is 5.83. The summed E-state index contributed by atoms with van der Waals surface area (Å²) in [5, 5.41) is 13.1. The summed E-state index contributed by atoms with van der Waals surface area (Å²) in [4.78, 5) is 13.8. The second-order valence-electron chi connectivity index (χ2n) is 6.52. The van der Waals surface area contributed by atoms with Gasteiger partial charge < -0.3 is 14.8 Å². The summed E-state index contributed by atoms with van der Waals surface area (Å²) in [7, 11) is 0.